The molecular formula is C22H31N5O2. The number of nitrogens with one attached hydrogen (secondary N) is 1. The Bertz CT molecular complexity index is 796. The van der Waals surface area contributed by atoms with Gasteiger partial charge in [-0.15, -0.1) is 0 Å². The molecule has 3 heterocycles. The first kappa shape index (κ1) is 19.9. The number of likely N-dealkylation sites (tertiary alicyclic amines) is 1. The largest absolute Gasteiger partial charge is 0.372 e. The number of anilines is 1. The van der Waals surface area contributed by atoms with E-state index in [9.17, 15) is 4.79 Å². The van der Waals surface area contributed by atoms with Gasteiger partial charge in [0.25, 0.3) is 0 Å². The van der Waals surface area contributed by atoms with E-state index in [1.807, 2.05) is 12.1 Å². The van der Waals surface area contributed by atoms with E-state index in [0.717, 1.165) is 38.2 Å². The van der Waals surface area contributed by atoms with Crippen LogP contribution in [-0.4, -0.2) is 59.7 Å². The number of rotatable bonds is 6. The summed E-state index contributed by atoms with van der Waals surface area (Å²) in [5, 5.41) is 6.95. The quantitative estimate of drug-likeness (QED) is 0.806. The third-order valence-electron chi connectivity index (χ3n) is 6.12. The second-order valence-electron chi connectivity index (χ2n) is 8.01. The van der Waals surface area contributed by atoms with E-state index in [1.54, 1.807) is 0 Å². The molecule has 0 saturated carbocycles. The lowest BCUT2D eigenvalue weighted by Gasteiger charge is -2.22. The lowest BCUT2D eigenvalue weighted by molar-refractivity contribution is 0.0897. The average molecular weight is 398 g/mol. The predicted molar refractivity (Wildman–Crippen MR) is 113 cm³/mol. The molecule has 2 aliphatic rings. The normalized spacial score (nSPS) is 20.6. The van der Waals surface area contributed by atoms with Crippen LogP contribution in [0.5, 0.6) is 0 Å². The molecule has 1 atom stereocenters. The van der Waals surface area contributed by atoms with Gasteiger partial charge in [-0.05, 0) is 63.0 Å². The minimum atomic E-state index is -0.298. The molecule has 7 heteroatoms. The number of nitrogens with zero attached hydrogens (tertiary/aromatic N) is 4. The number of likely N-dealkylation sites (N-methyl/N-ethyl adjacent to an activating group) is 1. The minimum absolute atomic E-state index is 0.0256. The molecule has 4 rings (SSSR count). The van der Waals surface area contributed by atoms with Gasteiger partial charge in [0.2, 0.25) is 5.82 Å². The summed E-state index contributed by atoms with van der Waals surface area (Å²) in [6.45, 7) is 7.12. The third-order valence-corrected chi connectivity index (χ3v) is 6.12. The number of benzene rings is 1. The molecule has 7 nitrogen and oxygen atoms in total. The number of carbonyl (C=O) groups excluding carboxylic acids is 1. The second kappa shape index (κ2) is 9.39. The van der Waals surface area contributed by atoms with Crippen LogP contribution in [0.2, 0.25) is 0 Å². The van der Waals surface area contributed by atoms with Crippen LogP contribution < -0.4 is 10.2 Å². The van der Waals surface area contributed by atoms with Crippen LogP contribution in [0.1, 0.15) is 56.1 Å². The molecule has 1 N–H and O–H groups in total. The SMILES string of the molecule is CCN1CCCC1CNC(=O)c1nc(-c2ccc(N3CCCCCC3)cc2)no1. The summed E-state index contributed by atoms with van der Waals surface area (Å²) < 4.78 is 5.22. The molecule has 1 aromatic carbocycles. The summed E-state index contributed by atoms with van der Waals surface area (Å²) in [6.07, 6.45) is 7.45. The lowest BCUT2D eigenvalue weighted by atomic mass is 10.2. The van der Waals surface area contributed by atoms with Crippen LogP contribution in [0.25, 0.3) is 11.4 Å². The van der Waals surface area contributed by atoms with Gasteiger partial charge in [-0.3, -0.25) is 9.69 Å². The molecule has 2 aliphatic heterocycles. The van der Waals surface area contributed by atoms with Gasteiger partial charge in [0.15, 0.2) is 0 Å². The van der Waals surface area contributed by atoms with Crippen molar-refractivity contribution in [3.8, 4) is 11.4 Å². The van der Waals surface area contributed by atoms with Crippen molar-refractivity contribution < 1.29 is 9.32 Å². The summed E-state index contributed by atoms with van der Waals surface area (Å²) in [6, 6.07) is 8.62. The van der Waals surface area contributed by atoms with Crippen molar-refractivity contribution >= 4 is 11.6 Å². The van der Waals surface area contributed by atoms with Gasteiger partial charge in [-0.2, -0.15) is 4.98 Å². The lowest BCUT2D eigenvalue weighted by Crippen LogP contribution is -2.40. The van der Waals surface area contributed by atoms with Gasteiger partial charge >= 0.3 is 11.8 Å². The molecule has 1 unspecified atom stereocenters. The topological polar surface area (TPSA) is 74.5 Å². The van der Waals surface area contributed by atoms with E-state index in [-0.39, 0.29) is 11.8 Å². The summed E-state index contributed by atoms with van der Waals surface area (Å²) in [7, 11) is 0. The molecule has 0 bridgehead atoms. The third kappa shape index (κ3) is 4.78. The molecule has 2 aromatic rings. The Morgan fingerprint density at radius 1 is 1.10 bits per heavy atom. The van der Waals surface area contributed by atoms with Gasteiger partial charge in [-0.1, -0.05) is 24.9 Å². The first-order chi connectivity index (χ1) is 14.2. The van der Waals surface area contributed by atoms with Gasteiger partial charge in [0, 0.05) is 36.9 Å². The highest BCUT2D eigenvalue weighted by Gasteiger charge is 2.24. The maximum Gasteiger partial charge on any atom is 0.316 e. The molecule has 29 heavy (non-hydrogen) atoms. The average Bonchev–Trinajstić information content (AvgIpc) is 3.35. The Morgan fingerprint density at radius 2 is 1.86 bits per heavy atom. The van der Waals surface area contributed by atoms with Crippen LogP contribution in [0.15, 0.2) is 28.8 Å². The molecule has 1 amide bonds. The van der Waals surface area contributed by atoms with Crippen LogP contribution >= 0.6 is 0 Å². The van der Waals surface area contributed by atoms with Gasteiger partial charge in [0.1, 0.15) is 0 Å². The molecule has 2 fully saturated rings. The molecule has 1 aromatic heterocycles. The van der Waals surface area contributed by atoms with E-state index >= 15 is 0 Å². The van der Waals surface area contributed by atoms with E-state index in [4.69, 9.17) is 4.52 Å². The highest BCUT2D eigenvalue weighted by atomic mass is 16.5. The zero-order chi connectivity index (χ0) is 20.1. The Kier molecular flexibility index (Phi) is 6.44. The highest BCUT2D eigenvalue weighted by Crippen LogP contribution is 2.23. The molecule has 0 spiro atoms. The van der Waals surface area contributed by atoms with E-state index < -0.39 is 0 Å². The smallest absolute Gasteiger partial charge is 0.316 e. The number of hydrogen-bond donors (Lipinski definition) is 1. The van der Waals surface area contributed by atoms with Crippen LogP contribution in [0, 0.1) is 0 Å². The van der Waals surface area contributed by atoms with Crippen LogP contribution in [-0.2, 0) is 0 Å². The molecule has 2 saturated heterocycles. The summed E-state index contributed by atoms with van der Waals surface area (Å²) >= 11 is 0. The van der Waals surface area contributed by atoms with Crippen molar-refractivity contribution in [2.24, 2.45) is 0 Å². The standard InChI is InChI=1S/C22H31N5O2/c1-2-26-15-7-8-19(26)16-23-21(28)22-24-20(25-29-22)17-9-11-18(12-10-17)27-13-5-3-4-6-14-27/h9-12,19H,2-8,13-16H2,1H3,(H,23,28). The van der Waals surface area contributed by atoms with Gasteiger partial charge < -0.3 is 14.7 Å². The molecule has 0 radical (unpaired) electrons. The molecule has 0 aliphatic carbocycles. The Labute approximate surface area is 172 Å². The van der Waals surface area contributed by atoms with Crippen molar-refractivity contribution in [3.63, 3.8) is 0 Å². The monoisotopic (exact) mass is 397 g/mol. The van der Waals surface area contributed by atoms with Crippen molar-refractivity contribution in [1.29, 1.82) is 0 Å². The van der Waals surface area contributed by atoms with E-state index in [1.165, 1.54) is 37.8 Å². The number of hydrogen-bond acceptors (Lipinski definition) is 6. The molecule has 156 valence electrons. The van der Waals surface area contributed by atoms with Crippen molar-refractivity contribution in [2.45, 2.75) is 51.5 Å². The van der Waals surface area contributed by atoms with Crippen molar-refractivity contribution in [1.82, 2.24) is 20.4 Å². The summed E-state index contributed by atoms with van der Waals surface area (Å²) in [4.78, 5) is 21.5. The fourth-order valence-corrected chi connectivity index (χ4v) is 4.41. The van der Waals surface area contributed by atoms with Gasteiger partial charge in [-0.25, -0.2) is 0 Å². The van der Waals surface area contributed by atoms with Crippen LogP contribution in [0.3, 0.4) is 0 Å². The first-order valence-corrected chi connectivity index (χ1v) is 11.0. The highest BCUT2D eigenvalue weighted by molar-refractivity contribution is 5.89. The maximum atomic E-state index is 12.4. The van der Waals surface area contributed by atoms with E-state index in [0.29, 0.717) is 18.4 Å². The predicted octanol–water partition coefficient (Wildman–Crippen LogP) is 3.33. The Balaban J connectivity index is 1.36. The van der Waals surface area contributed by atoms with Crippen molar-refractivity contribution in [3.05, 3.63) is 30.2 Å². The summed E-state index contributed by atoms with van der Waals surface area (Å²) in [5.41, 5.74) is 2.09. The fourth-order valence-electron chi connectivity index (χ4n) is 4.41. The number of aromatic nitrogens is 2. The second-order valence-corrected chi connectivity index (χ2v) is 8.01. The zero-order valence-electron chi connectivity index (χ0n) is 17.3. The van der Waals surface area contributed by atoms with Crippen LogP contribution in [0.4, 0.5) is 5.69 Å². The zero-order valence-corrected chi connectivity index (χ0v) is 17.3. The Morgan fingerprint density at radius 3 is 2.59 bits per heavy atom. The maximum absolute atomic E-state index is 12.4. The van der Waals surface area contributed by atoms with E-state index in [2.05, 4.69) is 44.3 Å². The first-order valence-electron chi connectivity index (χ1n) is 11.0. The minimum Gasteiger partial charge on any atom is -0.372 e. The number of carbonyl (C=O) groups is 1. The molecular weight excluding hydrogens is 366 g/mol. The van der Waals surface area contributed by atoms with Crippen molar-refractivity contribution in [2.75, 3.05) is 37.6 Å². The Hall–Kier alpha value is -2.41. The fraction of sp³-hybridized carbons (Fsp3) is 0.591. The number of amides is 1. The summed E-state index contributed by atoms with van der Waals surface area (Å²) in [5.74, 6) is 0.180. The van der Waals surface area contributed by atoms with Gasteiger partial charge in [0.05, 0.1) is 0 Å².